The quantitative estimate of drug-likeness (QED) is 0.247. The molecular formula is C20H28Cl2IN5O. The van der Waals surface area contributed by atoms with Crippen molar-refractivity contribution in [3.05, 3.63) is 51.8 Å². The zero-order valence-electron chi connectivity index (χ0n) is 16.9. The number of carbonyl (C=O) groups is 1. The molecule has 0 saturated heterocycles. The van der Waals surface area contributed by atoms with E-state index in [2.05, 4.69) is 20.9 Å². The molecule has 9 heteroatoms. The summed E-state index contributed by atoms with van der Waals surface area (Å²) in [5.74, 6) is 0.740. The Morgan fingerprint density at radius 3 is 2.38 bits per heavy atom. The van der Waals surface area contributed by atoms with Gasteiger partial charge in [-0.3, -0.25) is 4.79 Å². The number of benzene rings is 1. The van der Waals surface area contributed by atoms with E-state index in [0.717, 1.165) is 29.9 Å². The molecule has 3 N–H and O–H groups in total. The number of rotatable bonds is 8. The van der Waals surface area contributed by atoms with E-state index in [0.29, 0.717) is 35.6 Å². The van der Waals surface area contributed by atoms with Crippen molar-refractivity contribution >= 4 is 64.7 Å². The zero-order chi connectivity index (χ0) is 20.5. The van der Waals surface area contributed by atoms with Gasteiger partial charge in [-0.25, -0.2) is 4.99 Å². The van der Waals surface area contributed by atoms with E-state index < -0.39 is 0 Å². The van der Waals surface area contributed by atoms with Crippen molar-refractivity contribution in [2.24, 2.45) is 12.0 Å². The highest BCUT2D eigenvalue weighted by molar-refractivity contribution is 14.0. The second-order valence-corrected chi connectivity index (χ2v) is 7.14. The first kappa shape index (κ1) is 25.6. The fraction of sp³-hybridized carbons (Fsp3) is 0.400. The van der Waals surface area contributed by atoms with Gasteiger partial charge in [-0.05, 0) is 37.1 Å². The summed E-state index contributed by atoms with van der Waals surface area (Å²) in [5, 5.41) is 10.4. The summed E-state index contributed by atoms with van der Waals surface area (Å²) in [4.78, 5) is 16.3. The summed E-state index contributed by atoms with van der Waals surface area (Å²) in [6.07, 6.45) is 1.36. The Morgan fingerprint density at radius 2 is 1.83 bits per heavy atom. The Kier molecular flexibility index (Phi) is 11.4. The summed E-state index contributed by atoms with van der Waals surface area (Å²) >= 11 is 12.2. The maximum atomic E-state index is 11.7. The van der Waals surface area contributed by atoms with Gasteiger partial charge in [0.2, 0.25) is 5.91 Å². The predicted octanol–water partition coefficient (Wildman–Crippen LogP) is 4.94. The minimum atomic E-state index is 0. The molecule has 0 atom stereocenters. The van der Waals surface area contributed by atoms with Crippen molar-refractivity contribution < 1.29 is 4.79 Å². The first-order valence-corrected chi connectivity index (χ1v) is 10.1. The van der Waals surface area contributed by atoms with Crippen LogP contribution in [0.4, 0.5) is 5.69 Å². The molecule has 1 heterocycles. The first-order chi connectivity index (χ1) is 13.4. The lowest BCUT2D eigenvalue weighted by Crippen LogP contribution is -2.37. The molecular weight excluding hydrogens is 524 g/mol. The van der Waals surface area contributed by atoms with Crippen molar-refractivity contribution in [2.75, 3.05) is 11.9 Å². The number of hydrogen-bond donors (Lipinski definition) is 3. The molecule has 2 aromatic rings. The molecule has 2 rings (SSSR count). The van der Waals surface area contributed by atoms with Crippen LogP contribution in [-0.4, -0.2) is 23.0 Å². The minimum Gasteiger partial charge on any atom is -0.357 e. The van der Waals surface area contributed by atoms with Gasteiger partial charge in [0.15, 0.2) is 5.96 Å². The Hall–Kier alpha value is -1.45. The lowest BCUT2D eigenvalue weighted by molar-refractivity contribution is -0.116. The summed E-state index contributed by atoms with van der Waals surface area (Å²) < 4.78 is 1.84. The van der Waals surface area contributed by atoms with Crippen LogP contribution in [0.25, 0.3) is 0 Å². The zero-order valence-corrected chi connectivity index (χ0v) is 20.7. The SMILES string of the molecule is CCCC(=O)Nc1ccc(CN=C(NCC)NCc2cc(Cl)c(Cl)n2C)cc1.I. The molecule has 0 spiro atoms. The van der Waals surface area contributed by atoms with Gasteiger partial charge in [-0.15, -0.1) is 24.0 Å². The monoisotopic (exact) mass is 551 g/mol. The summed E-state index contributed by atoms with van der Waals surface area (Å²) in [5.41, 5.74) is 2.82. The number of halogens is 3. The molecule has 0 unspecified atom stereocenters. The molecule has 0 aliphatic carbocycles. The van der Waals surface area contributed by atoms with E-state index in [9.17, 15) is 4.79 Å². The highest BCUT2D eigenvalue weighted by atomic mass is 127. The molecule has 0 radical (unpaired) electrons. The number of hydrogen-bond acceptors (Lipinski definition) is 2. The summed E-state index contributed by atoms with van der Waals surface area (Å²) in [6, 6.07) is 9.56. The number of nitrogens with zero attached hydrogens (tertiary/aromatic N) is 2. The van der Waals surface area contributed by atoms with Gasteiger partial charge in [-0.2, -0.15) is 0 Å². The Balaban J connectivity index is 0.00000420. The number of amides is 1. The largest absolute Gasteiger partial charge is 0.357 e. The van der Waals surface area contributed by atoms with Crippen LogP contribution < -0.4 is 16.0 Å². The standard InChI is InChI=1S/C20H27Cl2N5O.HI/c1-4-6-18(28)26-15-9-7-14(8-10-15)12-24-20(23-5-2)25-13-16-11-17(21)19(22)27(16)3;/h7-11H,4-6,12-13H2,1-3H3,(H,26,28)(H2,23,24,25);1H. The third-order valence-electron chi connectivity index (χ3n) is 4.13. The maximum absolute atomic E-state index is 11.7. The number of guanidine groups is 1. The molecule has 0 aliphatic rings. The van der Waals surface area contributed by atoms with Crippen LogP contribution in [0, 0.1) is 0 Å². The lowest BCUT2D eigenvalue weighted by Gasteiger charge is -2.12. The van der Waals surface area contributed by atoms with Gasteiger partial charge in [0.05, 0.1) is 18.1 Å². The fourth-order valence-electron chi connectivity index (χ4n) is 2.59. The molecule has 0 aliphatic heterocycles. The van der Waals surface area contributed by atoms with Crippen LogP contribution in [0.15, 0.2) is 35.3 Å². The predicted molar refractivity (Wildman–Crippen MR) is 132 cm³/mol. The number of nitrogens with one attached hydrogen (secondary N) is 3. The summed E-state index contributed by atoms with van der Waals surface area (Å²) in [7, 11) is 1.87. The Labute approximate surface area is 199 Å². The number of aliphatic imine (C=N–C) groups is 1. The third kappa shape index (κ3) is 8.06. The van der Waals surface area contributed by atoms with Crippen molar-refractivity contribution in [1.29, 1.82) is 0 Å². The highest BCUT2D eigenvalue weighted by Gasteiger charge is 2.09. The normalized spacial score (nSPS) is 11.0. The van der Waals surface area contributed by atoms with E-state index in [1.807, 2.05) is 55.8 Å². The van der Waals surface area contributed by atoms with Gasteiger partial charge in [0.25, 0.3) is 0 Å². The van der Waals surface area contributed by atoms with Crippen molar-refractivity contribution in [1.82, 2.24) is 15.2 Å². The minimum absolute atomic E-state index is 0. The van der Waals surface area contributed by atoms with E-state index in [4.69, 9.17) is 23.2 Å². The second-order valence-electron chi connectivity index (χ2n) is 6.38. The first-order valence-electron chi connectivity index (χ1n) is 9.35. The average Bonchev–Trinajstić information content (AvgIpc) is 2.92. The van der Waals surface area contributed by atoms with Crippen LogP contribution >= 0.6 is 47.2 Å². The van der Waals surface area contributed by atoms with Crippen molar-refractivity contribution in [2.45, 2.75) is 39.8 Å². The Morgan fingerprint density at radius 1 is 1.14 bits per heavy atom. The van der Waals surface area contributed by atoms with Crippen LogP contribution in [0.1, 0.15) is 37.9 Å². The van der Waals surface area contributed by atoms with Crippen LogP contribution in [0.5, 0.6) is 0 Å². The molecule has 1 aromatic carbocycles. The van der Waals surface area contributed by atoms with Gasteiger partial charge < -0.3 is 20.5 Å². The molecule has 6 nitrogen and oxygen atoms in total. The number of aromatic nitrogens is 1. The highest BCUT2D eigenvalue weighted by Crippen LogP contribution is 2.24. The smallest absolute Gasteiger partial charge is 0.224 e. The van der Waals surface area contributed by atoms with Crippen LogP contribution in [-0.2, 0) is 24.9 Å². The molecule has 0 fully saturated rings. The van der Waals surface area contributed by atoms with E-state index in [1.54, 1.807) is 0 Å². The Bertz CT molecular complexity index is 821. The lowest BCUT2D eigenvalue weighted by atomic mass is 10.2. The molecule has 29 heavy (non-hydrogen) atoms. The van der Waals surface area contributed by atoms with Crippen LogP contribution in [0.2, 0.25) is 10.2 Å². The van der Waals surface area contributed by atoms with Crippen LogP contribution in [0.3, 0.4) is 0 Å². The van der Waals surface area contributed by atoms with E-state index in [-0.39, 0.29) is 29.9 Å². The third-order valence-corrected chi connectivity index (χ3v) is 4.97. The van der Waals surface area contributed by atoms with Gasteiger partial charge in [0, 0.05) is 31.4 Å². The van der Waals surface area contributed by atoms with E-state index in [1.165, 1.54) is 0 Å². The van der Waals surface area contributed by atoms with E-state index >= 15 is 0 Å². The second kappa shape index (κ2) is 13.0. The molecule has 0 bridgehead atoms. The van der Waals surface area contributed by atoms with Gasteiger partial charge in [0.1, 0.15) is 5.15 Å². The van der Waals surface area contributed by atoms with Gasteiger partial charge in [-0.1, -0.05) is 42.3 Å². The van der Waals surface area contributed by atoms with Crippen molar-refractivity contribution in [3.8, 4) is 0 Å². The topological polar surface area (TPSA) is 70.4 Å². The van der Waals surface area contributed by atoms with Gasteiger partial charge >= 0.3 is 0 Å². The number of anilines is 1. The maximum Gasteiger partial charge on any atom is 0.224 e. The molecule has 0 saturated carbocycles. The molecule has 160 valence electrons. The molecule has 1 aromatic heterocycles. The number of carbonyl (C=O) groups excluding carboxylic acids is 1. The summed E-state index contributed by atoms with van der Waals surface area (Å²) in [6.45, 7) is 5.83. The fourth-order valence-corrected chi connectivity index (χ4v) is 3.00. The average molecular weight is 552 g/mol. The van der Waals surface area contributed by atoms with Crippen molar-refractivity contribution in [3.63, 3.8) is 0 Å². The molecule has 1 amide bonds.